The van der Waals surface area contributed by atoms with Gasteiger partial charge in [-0.25, -0.2) is 0 Å². The molecule has 0 saturated carbocycles. The maximum atomic E-state index is 10.7. The SMILES string of the molecule is [3H]N=C1N(C)CC(=O)N1[3H]. The lowest BCUT2D eigenvalue weighted by Crippen LogP contribution is -2.25. The smallest absolute Gasteiger partial charge is 0.246 e. The fourth-order valence-corrected chi connectivity index (χ4v) is 0.506. The summed E-state index contributed by atoms with van der Waals surface area (Å²) in [6.45, 7) is 0.140. The molecule has 0 aromatic heterocycles. The van der Waals surface area contributed by atoms with Gasteiger partial charge in [0.15, 0.2) is 8.78 Å². The highest BCUT2D eigenvalue weighted by Crippen LogP contribution is 1.89. The van der Waals surface area contributed by atoms with Gasteiger partial charge in [-0.15, -0.1) is 0 Å². The molecule has 1 heterocycles. The van der Waals surface area contributed by atoms with Gasteiger partial charge in [0.25, 0.3) is 0 Å². The third-order valence-corrected chi connectivity index (χ3v) is 0.939. The Kier molecular flexibility index (Phi) is 0.562. The van der Waals surface area contributed by atoms with Crippen LogP contribution in [0.5, 0.6) is 0 Å². The Morgan fingerprint density at radius 1 is 2.25 bits per heavy atom. The molecule has 1 fully saturated rings. The molecular formula is C4H7N3O. The molecule has 4 heteroatoms. The molecule has 0 unspecified atom stereocenters. The number of nitrogens with one attached hydrogen (secondary N) is 2. The zero-order valence-corrected chi connectivity index (χ0v) is 4.46. The maximum Gasteiger partial charge on any atom is 0.246 e. The van der Waals surface area contributed by atoms with Crippen LogP contribution in [-0.4, -0.2) is 30.4 Å². The number of carbonyl (C=O) groups excluding carboxylic acids is 1. The fourth-order valence-electron chi connectivity index (χ4n) is 0.506. The van der Waals surface area contributed by atoms with Crippen molar-refractivity contribution in [1.82, 2.24) is 10.2 Å². The van der Waals surface area contributed by atoms with Crippen molar-refractivity contribution in [3.8, 4) is 0 Å². The molecule has 1 amide bonds. The summed E-state index contributed by atoms with van der Waals surface area (Å²) in [6.07, 6.45) is 0. The van der Waals surface area contributed by atoms with Crippen molar-refractivity contribution in [2.75, 3.05) is 13.6 Å². The lowest BCUT2D eigenvalue weighted by Gasteiger charge is -2.03. The fraction of sp³-hybridized carbons (Fsp3) is 0.500. The summed E-state index contributed by atoms with van der Waals surface area (Å²) in [4.78, 5) is 12.1. The summed E-state index contributed by atoms with van der Waals surface area (Å²) in [5, 5.41) is 3.63. The van der Waals surface area contributed by atoms with Crippen LogP contribution in [0.3, 0.4) is 0 Å². The van der Waals surface area contributed by atoms with Gasteiger partial charge < -0.3 is 4.90 Å². The van der Waals surface area contributed by atoms with Gasteiger partial charge in [-0.2, -0.15) is 0 Å². The Hall–Kier alpha value is -1.06. The molecule has 0 radical (unpaired) electrons. The summed E-state index contributed by atoms with van der Waals surface area (Å²) >= 11 is 0. The van der Waals surface area contributed by atoms with E-state index in [-0.39, 0.29) is 18.4 Å². The molecule has 1 aliphatic heterocycles. The largest absolute Gasteiger partial charge is 0.337 e. The highest BCUT2D eigenvalue weighted by atomic mass is 16.2. The first-order chi connectivity index (χ1) is 4.66. The molecule has 4 nitrogen and oxygen atoms in total. The van der Waals surface area contributed by atoms with Crippen molar-refractivity contribution in [1.29, 1.82) is 5.40 Å². The van der Waals surface area contributed by atoms with Gasteiger partial charge in [0, 0.05) is 7.05 Å². The van der Waals surface area contributed by atoms with Gasteiger partial charge in [-0.1, -0.05) is 0 Å². The standard InChI is InChI=1S/C4H7N3O/c1-7-2-3(8)6-4(7)5/h2H2,1H3,(H2,5,6,8)/i/hT2. The Labute approximate surface area is 49.9 Å². The van der Waals surface area contributed by atoms with E-state index in [1.165, 1.54) is 4.90 Å². The average Bonchev–Trinajstić information content (AvgIpc) is 2.09. The van der Waals surface area contributed by atoms with Crippen LogP contribution in [0.2, 0.25) is 2.82 Å². The van der Waals surface area contributed by atoms with Gasteiger partial charge in [0.05, 0.1) is 6.54 Å². The van der Waals surface area contributed by atoms with Crippen LogP contribution >= 0.6 is 0 Å². The first kappa shape index (κ1) is 3.06. The van der Waals surface area contributed by atoms with E-state index in [9.17, 15) is 4.79 Å². The predicted octanol–water partition coefficient (Wildman–Crippen LogP) is -1.02. The average molecular weight is 117 g/mol. The van der Waals surface area contributed by atoms with Crippen molar-refractivity contribution in [3.05, 3.63) is 0 Å². The summed E-state index contributed by atoms with van der Waals surface area (Å²) in [7, 11) is 1.61. The zero-order chi connectivity index (χ0) is 7.72. The van der Waals surface area contributed by atoms with Crippen LogP contribution in [-0.2, 0) is 4.79 Å². The van der Waals surface area contributed by atoms with Crippen molar-refractivity contribution in [2.45, 2.75) is 0 Å². The quantitative estimate of drug-likeness (QED) is 0.427. The highest BCUT2D eigenvalue weighted by molar-refractivity contribution is 6.02. The first-order valence-corrected chi connectivity index (χ1v) is 2.22. The lowest BCUT2D eigenvalue weighted by atomic mass is 10.6. The van der Waals surface area contributed by atoms with Crippen LogP contribution in [0.15, 0.2) is 0 Å². The van der Waals surface area contributed by atoms with E-state index in [0.717, 1.165) is 0 Å². The number of amides is 1. The minimum absolute atomic E-state index is 0.0741. The van der Waals surface area contributed by atoms with E-state index < -0.39 is 0 Å². The monoisotopic (exact) mass is 117 g/mol. The summed E-state index contributed by atoms with van der Waals surface area (Å²) in [5.74, 6) is -0.279. The van der Waals surface area contributed by atoms with Crippen molar-refractivity contribution < 1.29 is 7.62 Å². The van der Waals surface area contributed by atoms with Gasteiger partial charge in [0.1, 0.15) is 0 Å². The molecule has 8 heavy (non-hydrogen) atoms. The second kappa shape index (κ2) is 1.47. The normalized spacial score (nSPS) is 29.1. The van der Waals surface area contributed by atoms with E-state index in [2.05, 4.69) is 5.40 Å². The number of rotatable bonds is 0. The van der Waals surface area contributed by atoms with Crippen LogP contribution in [0, 0.1) is 5.40 Å². The molecule has 0 aliphatic carbocycles. The molecule has 0 spiro atoms. The van der Waals surface area contributed by atoms with Gasteiger partial charge >= 0.3 is 0 Å². The molecule has 0 aromatic rings. The van der Waals surface area contributed by atoms with Crippen molar-refractivity contribution in [2.24, 2.45) is 0 Å². The van der Waals surface area contributed by atoms with Gasteiger partial charge in [-0.05, 0) is 0 Å². The molecule has 1 aliphatic rings. The Bertz CT molecular complexity index is 193. The summed E-state index contributed by atoms with van der Waals surface area (Å²) in [6, 6.07) is 0. The third kappa shape index (κ3) is 0.641. The van der Waals surface area contributed by atoms with Gasteiger partial charge in [0.2, 0.25) is 5.91 Å². The van der Waals surface area contributed by atoms with E-state index in [0.29, 0.717) is 5.31 Å². The van der Waals surface area contributed by atoms with Gasteiger partial charge in [-0.3, -0.25) is 15.5 Å². The van der Waals surface area contributed by atoms with E-state index in [1.54, 1.807) is 7.05 Å². The molecule has 0 atom stereocenters. The molecule has 0 bridgehead atoms. The second-order valence-corrected chi connectivity index (χ2v) is 1.66. The lowest BCUT2D eigenvalue weighted by molar-refractivity contribution is -0.118. The van der Waals surface area contributed by atoms with E-state index in [4.69, 9.17) is 2.82 Å². The van der Waals surface area contributed by atoms with Crippen molar-refractivity contribution in [3.63, 3.8) is 0 Å². The van der Waals surface area contributed by atoms with Crippen molar-refractivity contribution >= 4 is 11.9 Å². The van der Waals surface area contributed by atoms with Crippen LogP contribution in [0.25, 0.3) is 0 Å². The molecule has 44 valence electrons. The van der Waals surface area contributed by atoms with E-state index >= 15 is 0 Å². The summed E-state index contributed by atoms with van der Waals surface area (Å²) in [5.41, 5.74) is 0. The predicted molar refractivity (Wildman–Crippen MR) is 28.5 cm³/mol. The highest BCUT2D eigenvalue weighted by Gasteiger charge is 2.18. The molecule has 1 saturated heterocycles. The first-order valence-electron chi connectivity index (χ1n) is 3.11. The number of likely N-dealkylation sites (N-methyl/N-ethyl adjacent to an activating group) is 1. The van der Waals surface area contributed by atoms with E-state index in [1.807, 2.05) is 0 Å². The molecule has 0 aromatic carbocycles. The number of nitrogens with zero attached hydrogens (tertiary/aromatic N) is 1. The van der Waals surface area contributed by atoms with Crippen LogP contribution in [0.4, 0.5) is 0 Å². The minimum atomic E-state index is -0.353. The zero-order valence-electron chi connectivity index (χ0n) is 6.46. The molecule has 2 N–H and O–H groups in total. The Morgan fingerprint density at radius 3 is 3.25 bits per heavy atom. The number of hydrogen-bond acceptors (Lipinski definition) is 2. The summed E-state index contributed by atoms with van der Waals surface area (Å²) < 4.78 is 13.6. The number of hydrogen-bond donors (Lipinski definition) is 2. The third-order valence-electron chi connectivity index (χ3n) is 0.939. The molecular weight excluding hydrogens is 106 g/mol. The maximum absolute atomic E-state index is 10.7. The topological polar surface area (TPSA) is 56.2 Å². The van der Waals surface area contributed by atoms with Crippen LogP contribution < -0.4 is 5.31 Å². The minimum Gasteiger partial charge on any atom is -0.337 e. The second-order valence-electron chi connectivity index (χ2n) is 1.66. The molecule has 1 rings (SSSR count). The Morgan fingerprint density at radius 2 is 3.00 bits per heavy atom. The number of carbonyl (C=O) groups is 1. The number of guanidine groups is 1. The van der Waals surface area contributed by atoms with Crippen LogP contribution in [0.1, 0.15) is 0 Å². The Balaban J connectivity index is 2.84.